The number of phenolic OH excluding ortho intramolecular Hbond substituents is 1. The summed E-state index contributed by atoms with van der Waals surface area (Å²) in [6.45, 7) is 2.35. The van der Waals surface area contributed by atoms with Gasteiger partial charge in [-0.05, 0) is 24.6 Å². The third-order valence-corrected chi connectivity index (χ3v) is 4.01. The van der Waals surface area contributed by atoms with Crippen LogP contribution in [0.25, 0.3) is 11.0 Å². The molecular weight excluding hydrogens is 294 g/mol. The Morgan fingerprint density at radius 3 is 2.95 bits per heavy atom. The number of anilines is 1. The maximum absolute atomic E-state index is 10.0. The van der Waals surface area contributed by atoms with Crippen LogP contribution in [0.3, 0.4) is 0 Å². The van der Waals surface area contributed by atoms with Crippen LogP contribution >= 0.6 is 23.3 Å². The van der Waals surface area contributed by atoms with Crippen molar-refractivity contribution in [1.82, 2.24) is 8.75 Å². The topological polar surface area (TPSA) is 58.0 Å². The molecular formula is C14H12ClN3OS. The van der Waals surface area contributed by atoms with Crippen LogP contribution in [-0.2, 0) is 6.54 Å². The van der Waals surface area contributed by atoms with E-state index in [4.69, 9.17) is 11.6 Å². The normalized spacial score (nSPS) is 10.9. The first-order valence-electron chi connectivity index (χ1n) is 6.09. The van der Waals surface area contributed by atoms with Gasteiger partial charge in [-0.15, -0.1) is 0 Å². The molecule has 0 saturated heterocycles. The Kier molecular flexibility index (Phi) is 3.46. The van der Waals surface area contributed by atoms with Gasteiger partial charge in [-0.2, -0.15) is 8.75 Å². The van der Waals surface area contributed by atoms with Gasteiger partial charge in [0.25, 0.3) is 0 Å². The summed E-state index contributed by atoms with van der Waals surface area (Å²) in [5.74, 6) is 0.305. The highest BCUT2D eigenvalue weighted by atomic mass is 35.5. The van der Waals surface area contributed by atoms with E-state index in [1.807, 2.05) is 31.2 Å². The number of rotatable bonds is 3. The predicted octanol–water partition coefficient (Wildman–Crippen LogP) is 3.97. The van der Waals surface area contributed by atoms with Gasteiger partial charge in [-0.3, -0.25) is 0 Å². The summed E-state index contributed by atoms with van der Waals surface area (Å²) >= 11 is 7.36. The third-order valence-electron chi connectivity index (χ3n) is 3.15. The first kappa shape index (κ1) is 13.1. The molecule has 1 heterocycles. The van der Waals surface area contributed by atoms with Crippen molar-refractivity contribution >= 4 is 40.0 Å². The molecule has 0 saturated carbocycles. The molecule has 3 rings (SSSR count). The molecule has 0 aliphatic heterocycles. The fourth-order valence-corrected chi connectivity index (χ4v) is 2.80. The SMILES string of the molecule is Cc1cccc(CNc2c(Cl)ccc3nsnc23)c1O. The number of hydrogen-bond acceptors (Lipinski definition) is 5. The van der Waals surface area contributed by atoms with Gasteiger partial charge in [0, 0.05) is 12.1 Å². The van der Waals surface area contributed by atoms with Crippen LogP contribution in [0.1, 0.15) is 11.1 Å². The second-order valence-electron chi connectivity index (χ2n) is 4.49. The van der Waals surface area contributed by atoms with Crippen molar-refractivity contribution in [3.05, 3.63) is 46.5 Å². The Labute approximate surface area is 125 Å². The molecule has 2 aromatic carbocycles. The molecule has 3 aromatic rings. The second-order valence-corrected chi connectivity index (χ2v) is 5.43. The van der Waals surface area contributed by atoms with Gasteiger partial charge in [-0.25, -0.2) is 0 Å². The number of para-hydroxylation sites is 1. The summed E-state index contributed by atoms with van der Waals surface area (Å²) < 4.78 is 8.44. The van der Waals surface area contributed by atoms with E-state index in [1.165, 1.54) is 0 Å². The van der Waals surface area contributed by atoms with Gasteiger partial charge in [-0.1, -0.05) is 29.8 Å². The Morgan fingerprint density at radius 1 is 1.25 bits per heavy atom. The van der Waals surface area contributed by atoms with E-state index in [2.05, 4.69) is 14.1 Å². The van der Waals surface area contributed by atoms with E-state index >= 15 is 0 Å². The van der Waals surface area contributed by atoms with Gasteiger partial charge < -0.3 is 10.4 Å². The lowest BCUT2D eigenvalue weighted by Crippen LogP contribution is -2.01. The average molecular weight is 306 g/mol. The van der Waals surface area contributed by atoms with Crippen LogP contribution in [0.4, 0.5) is 5.69 Å². The van der Waals surface area contributed by atoms with Gasteiger partial charge in [0.2, 0.25) is 0 Å². The molecule has 0 aliphatic carbocycles. The summed E-state index contributed by atoms with van der Waals surface area (Å²) in [5, 5.41) is 13.9. The number of phenols is 1. The predicted molar refractivity (Wildman–Crippen MR) is 82.6 cm³/mol. The number of aromatic nitrogens is 2. The van der Waals surface area contributed by atoms with E-state index in [9.17, 15) is 5.11 Å². The number of nitrogens with one attached hydrogen (secondary N) is 1. The molecule has 0 amide bonds. The molecule has 20 heavy (non-hydrogen) atoms. The zero-order chi connectivity index (χ0) is 14.1. The molecule has 0 spiro atoms. The average Bonchev–Trinajstić information content (AvgIpc) is 2.90. The lowest BCUT2D eigenvalue weighted by Gasteiger charge is -2.11. The van der Waals surface area contributed by atoms with Crippen molar-refractivity contribution in [1.29, 1.82) is 0 Å². The van der Waals surface area contributed by atoms with E-state index in [-0.39, 0.29) is 0 Å². The summed E-state index contributed by atoms with van der Waals surface area (Å²) in [4.78, 5) is 0. The van der Waals surface area contributed by atoms with E-state index < -0.39 is 0 Å². The van der Waals surface area contributed by atoms with Crippen molar-refractivity contribution in [3.63, 3.8) is 0 Å². The Hall–Kier alpha value is -1.85. The minimum atomic E-state index is 0.305. The molecule has 0 radical (unpaired) electrons. The van der Waals surface area contributed by atoms with Crippen molar-refractivity contribution in [2.75, 3.05) is 5.32 Å². The Balaban J connectivity index is 1.92. The number of benzene rings is 2. The van der Waals surface area contributed by atoms with Crippen molar-refractivity contribution in [2.45, 2.75) is 13.5 Å². The molecule has 0 atom stereocenters. The molecule has 1 aromatic heterocycles. The Bertz CT molecular complexity index is 772. The molecule has 6 heteroatoms. The highest BCUT2D eigenvalue weighted by Crippen LogP contribution is 2.31. The number of aromatic hydroxyl groups is 1. The van der Waals surface area contributed by atoms with Crippen LogP contribution < -0.4 is 5.32 Å². The molecule has 0 unspecified atom stereocenters. The molecule has 0 bridgehead atoms. The van der Waals surface area contributed by atoms with Crippen molar-refractivity contribution < 1.29 is 5.11 Å². The zero-order valence-corrected chi connectivity index (χ0v) is 12.3. The summed E-state index contributed by atoms with van der Waals surface area (Å²) in [6, 6.07) is 9.30. The number of aryl methyl sites for hydroxylation is 1. The van der Waals surface area contributed by atoms with Gasteiger partial charge in [0.1, 0.15) is 16.8 Å². The molecule has 2 N–H and O–H groups in total. The number of halogens is 1. The zero-order valence-electron chi connectivity index (χ0n) is 10.7. The monoisotopic (exact) mass is 305 g/mol. The van der Waals surface area contributed by atoms with E-state index in [0.717, 1.165) is 39.6 Å². The minimum Gasteiger partial charge on any atom is -0.507 e. The van der Waals surface area contributed by atoms with Gasteiger partial charge in [0.15, 0.2) is 0 Å². The highest BCUT2D eigenvalue weighted by molar-refractivity contribution is 7.00. The maximum Gasteiger partial charge on any atom is 0.129 e. The first-order chi connectivity index (χ1) is 9.66. The molecule has 102 valence electrons. The van der Waals surface area contributed by atoms with Crippen molar-refractivity contribution in [3.8, 4) is 5.75 Å². The highest BCUT2D eigenvalue weighted by Gasteiger charge is 2.11. The largest absolute Gasteiger partial charge is 0.507 e. The smallest absolute Gasteiger partial charge is 0.129 e. The van der Waals surface area contributed by atoms with Gasteiger partial charge in [0.05, 0.1) is 22.4 Å². The summed E-state index contributed by atoms with van der Waals surface area (Å²) in [5.41, 5.74) is 3.99. The molecule has 0 aliphatic rings. The molecule has 0 fully saturated rings. The van der Waals surface area contributed by atoms with Crippen LogP contribution in [0.5, 0.6) is 5.75 Å². The lowest BCUT2D eigenvalue weighted by molar-refractivity contribution is 0.465. The summed E-state index contributed by atoms with van der Waals surface area (Å²) in [7, 11) is 0. The first-order valence-corrected chi connectivity index (χ1v) is 7.20. The van der Waals surface area contributed by atoms with E-state index in [0.29, 0.717) is 17.3 Å². The van der Waals surface area contributed by atoms with Crippen LogP contribution in [0, 0.1) is 6.92 Å². The van der Waals surface area contributed by atoms with Crippen LogP contribution in [0.15, 0.2) is 30.3 Å². The molecule has 4 nitrogen and oxygen atoms in total. The van der Waals surface area contributed by atoms with Crippen molar-refractivity contribution in [2.24, 2.45) is 0 Å². The van der Waals surface area contributed by atoms with E-state index in [1.54, 1.807) is 6.07 Å². The number of hydrogen-bond donors (Lipinski definition) is 2. The number of nitrogens with zero attached hydrogens (tertiary/aromatic N) is 2. The second kappa shape index (κ2) is 5.26. The standard InChI is InChI=1S/C14H12ClN3OS/c1-8-3-2-4-9(14(8)19)7-16-12-10(15)5-6-11-13(12)18-20-17-11/h2-6,16,19H,7H2,1H3. The Morgan fingerprint density at radius 2 is 2.10 bits per heavy atom. The number of fused-ring (bicyclic) bond motifs is 1. The fraction of sp³-hybridized carbons (Fsp3) is 0.143. The third kappa shape index (κ3) is 2.30. The summed E-state index contributed by atoms with van der Waals surface area (Å²) in [6.07, 6.45) is 0. The fourth-order valence-electron chi connectivity index (χ4n) is 2.04. The maximum atomic E-state index is 10.0. The van der Waals surface area contributed by atoms with Gasteiger partial charge >= 0.3 is 0 Å². The lowest BCUT2D eigenvalue weighted by atomic mass is 10.1. The van der Waals surface area contributed by atoms with Crippen LogP contribution in [-0.4, -0.2) is 13.9 Å². The van der Waals surface area contributed by atoms with Crippen LogP contribution in [0.2, 0.25) is 5.02 Å². The quantitative estimate of drug-likeness (QED) is 0.768. The minimum absolute atomic E-state index is 0.305.